The monoisotopic (exact) mass is 199 g/mol. The first-order valence-corrected chi connectivity index (χ1v) is 4.88. The van der Waals surface area contributed by atoms with Crippen molar-refractivity contribution in [3.8, 4) is 0 Å². The van der Waals surface area contributed by atoms with Gasteiger partial charge in [-0.3, -0.25) is 10.6 Å². The van der Waals surface area contributed by atoms with E-state index < -0.39 is 0 Å². The van der Waals surface area contributed by atoms with Crippen molar-refractivity contribution in [2.24, 2.45) is 5.84 Å². The van der Waals surface area contributed by atoms with Crippen LogP contribution in [0.3, 0.4) is 0 Å². The van der Waals surface area contributed by atoms with E-state index in [0.29, 0.717) is 12.2 Å². The molecule has 0 atom stereocenters. The number of aldehydes is 1. The summed E-state index contributed by atoms with van der Waals surface area (Å²) in [5, 5.41) is 2.53. The van der Waals surface area contributed by atoms with Crippen LogP contribution in [-0.2, 0) is 13.0 Å². The molecule has 0 radical (unpaired) electrons. The van der Waals surface area contributed by atoms with E-state index >= 15 is 0 Å². The molecule has 13 heavy (non-hydrogen) atoms. The lowest BCUT2D eigenvalue weighted by Crippen LogP contribution is -2.25. The average molecular weight is 199 g/mol. The number of carbonyl (C=O) groups excluding carboxylic acids is 1. The number of aromatic nitrogens is 1. The summed E-state index contributed by atoms with van der Waals surface area (Å²) < 4.78 is 0. The molecule has 0 saturated carbocycles. The molecule has 1 aromatic rings. The molecule has 0 unspecified atom stereocenters. The van der Waals surface area contributed by atoms with Crippen LogP contribution in [0.5, 0.6) is 0 Å². The first-order valence-electron chi connectivity index (χ1n) is 4.07. The van der Waals surface area contributed by atoms with Crippen molar-refractivity contribution in [2.75, 3.05) is 7.05 Å². The molecular weight excluding hydrogens is 186 g/mol. The second-order valence-corrected chi connectivity index (χ2v) is 3.97. The topological polar surface area (TPSA) is 59.2 Å². The van der Waals surface area contributed by atoms with Gasteiger partial charge in [0, 0.05) is 13.6 Å². The predicted molar refractivity (Wildman–Crippen MR) is 52.5 cm³/mol. The van der Waals surface area contributed by atoms with Gasteiger partial charge in [-0.05, 0) is 6.42 Å². The minimum atomic E-state index is 0.527. The van der Waals surface area contributed by atoms with E-state index in [1.54, 1.807) is 23.4 Å². The van der Waals surface area contributed by atoms with Crippen LogP contribution in [0.25, 0.3) is 0 Å². The molecule has 0 saturated heterocycles. The fourth-order valence-corrected chi connectivity index (χ4v) is 2.04. The molecule has 0 amide bonds. The summed E-state index contributed by atoms with van der Waals surface area (Å²) in [5.41, 5.74) is 0.527. The van der Waals surface area contributed by atoms with Gasteiger partial charge in [0.1, 0.15) is 5.69 Å². The zero-order valence-corrected chi connectivity index (χ0v) is 8.60. The van der Waals surface area contributed by atoms with Gasteiger partial charge in [0.15, 0.2) is 6.29 Å². The number of thiazole rings is 1. The first kappa shape index (κ1) is 10.3. The van der Waals surface area contributed by atoms with E-state index in [4.69, 9.17) is 5.84 Å². The highest BCUT2D eigenvalue weighted by Gasteiger charge is 2.09. The van der Waals surface area contributed by atoms with Gasteiger partial charge < -0.3 is 0 Å². The highest BCUT2D eigenvalue weighted by Crippen LogP contribution is 2.18. The van der Waals surface area contributed by atoms with Crippen molar-refractivity contribution < 1.29 is 4.79 Å². The van der Waals surface area contributed by atoms with Crippen molar-refractivity contribution in [1.82, 2.24) is 9.99 Å². The molecule has 72 valence electrons. The van der Waals surface area contributed by atoms with Crippen LogP contribution in [0.4, 0.5) is 0 Å². The van der Waals surface area contributed by atoms with E-state index in [1.165, 1.54) is 0 Å². The summed E-state index contributed by atoms with van der Waals surface area (Å²) in [4.78, 5) is 15.7. The van der Waals surface area contributed by atoms with Gasteiger partial charge in [0.2, 0.25) is 0 Å². The Balaban J connectivity index is 2.90. The number of hydrogen-bond donors (Lipinski definition) is 1. The Morgan fingerprint density at radius 3 is 2.85 bits per heavy atom. The normalized spacial score (nSPS) is 10.8. The molecule has 0 aliphatic rings. The van der Waals surface area contributed by atoms with Crippen molar-refractivity contribution in [2.45, 2.75) is 19.9 Å². The molecule has 4 nitrogen and oxygen atoms in total. The first-order chi connectivity index (χ1) is 6.17. The van der Waals surface area contributed by atoms with Gasteiger partial charge in [-0.2, -0.15) is 0 Å². The number of nitrogens with two attached hydrogens (primary N) is 1. The third-order valence-corrected chi connectivity index (χ3v) is 2.78. The molecule has 1 aromatic heterocycles. The largest absolute Gasteiger partial charge is 0.296 e. The third-order valence-electron chi connectivity index (χ3n) is 1.58. The number of carbonyl (C=O) groups is 1. The zero-order valence-electron chi connectivity index (χ0n) is 7.78. The Hall–Kier alpha value is -0.780. The fourth-order valence-electron chi connectivity index (χ4n) is 0.997. The molecule has 0 aromatic carbocycles. The van der Waals surface area contributed by atoms with Gasteiger partial charge >= 0.3 is 0 Å². The molecule has 5 heteroatoms. The smallest absolute Gasteiger partial charge is 0.169 e. The Labute approximate surface area is 81.3 Å². The quantitative estimate of drug-likeness (QED) is 0.443. The van der Waals surface area contributed by atoms with Crippen molar-refractivity contribution >= 4 is 17.6 Å². The minimum Gasteiger partial charge on any atom is -0.296 e. The minimum absolute atomic E-state index is 0.527. The van der Waals surface area contributed by atoms with Crippen LogP contribution in [-0.4, -0.2) is 23.3 Å². The maximum Gasteiger partial charge on any atom is 0.169 e. The molecular formula is C8H13N3OS. The fraction of sp³-hybridized carbons (Fsp3) is 0.500. The second kappa shape index (κ2) is 4.45. The lowest BCUT2D eigenvalue weighted by molar-refractivity contribution is 0.111. The number of rotatable bonds is 4. The summed E-state index contributed by atoms with van der Waals surface area (Å²) in [7, 11) is 1.76. The molecule has 0 aliphatic heterocycles. The van der Waals surface area contributed by atoms with Gasteiger partial charge in [0.25, 0.3) is 0 Å². The molecule has 0 fully saturated rings. The van der Waals surface area contributed by atoms with Crippen molar-refractivity contribution in [3.05, 3.63) is 15.6 Å². The summed E-state index contributed by atoms with van der Waals surface area (Å²) in [6, 6.07) is 0. The molecule has 0 aliphatic carbocycles. The van der Waals surface area contributed by atoms with Gasteiger partial charge in [-0.1, -0.05) is 6.92 Å². The Bertz CT molecular complexity index is 296. The molecule has 1 heterocycles. The van der Waals surface area contributed by atoms with Crippen LogP contribution in [0.15, 0.2) is 0 Å². The number of aryl methyl sites for hydroxylation is 1. The van der Waals surface area contributed by atoms with E-state index in [2.05, 4.69) is 4.98 Å². The zero-order chi connectivity index (χ0) is 9.84. The summed E-state index contributed by atoms with van der Waals surface area (Å²) in [6.07, 6.45) is 1.65. The van der Waals surface area contributed by atoms with Crippen LogP contribution in [0, 0.1) is 0 Å². The summed E-state index contributed by atoms with van der Waals surface area (Å²) in [5.74, 6) is 5.50. The molecule has 1 rings (SSSR count). The predicted octanol–water partition coefficient (Wildman–Crippen LogP) is 0.824. The van der Waals surface area contributed by atoms with E-state index in [0.717, 1.165) is 22.6 Å². The van der Waals surface area contributed by atoms with Crippen molar-refractivity contribution in [3.63, 3.8) is 0 Å². The Kier molecular flexibility index (Phi) is 3.53. The van der Waals surface area contributed by atoms with Crippen LogP contribution < -0.4 is 5.84 Å². The summed E-state index contributed by atoms with van der Waals surface area (Å²) >= 11 is 1.55. The second-order valence-electron chi connectivity index (χ2n) is 2.80. The van der Waals surface area contributed by atoms with E-state index in [1.807, 2.05) is 6.92 Å². The van der Waals surface area contributed by atoms with Gasteiger partial charge in [-0.25, -0.2) is 9.99 Å². The van der Waals surface area contributed by atoms with Crippen LogP contribution in [0.2, 0.25) is 0 Å². The number of hydrogen-bond acceptors (Lipinski definition) is 5. The lowest BCUT2D eigenvalue weighted by atomic mass is 10.4. The Morgan fingerprint density at radius 2 is 2.38 bits per heavy atom. The number of nitrogens with zero attached hydrogens (tertiary/aromatic N) is 2. The maximum atomic E-state index is 10.6. The highest BCUT2D eigenvalue weighted by atomic mass is 32.1. The van der Waals surface area contributed by atoms with Crippen LogP contribution in [0.1, 0.15) is 27.3 Å². The standard InChI is InChI=1S/C8H13N3OS/c1-3-8-10-6(5-12)7(13-8)4-11(2)9/h5H,3-4,9H2,1-2H3. The number of hydrazine groups is 1. The highest BCUT2D eigenvalue weighted by molar-refractivity contribution is 7.11. The van der Waals surface area contributed by atoms with E-state index in [-0.39, 0.29) is 0 Å². The van der Waals surface area contributed by atoms with Gasteiger partial charge in [0.05, 0.1) is 9.88 Å². The van der Waals surface area contributed by atoms with Gasteiger partial charge in [-0.15, -0.1) is 11.3 Å². The average Bonchev–Trinajstić information content (AvgIpc) is 2.46. The summed E-state index contributed by atoms with van der Waals surface area (Å²) in [6.45, 7) is 2.59. The molecule has 0 bridgehead atoms. The molecule has 2 N–H and O–H groups in total. The van der Waals surface area contributed by atoms with Crippen LogP contribution >= 0.6 is 11.3 Å². The Morgan fingerprint density at radius 1 is 1.69 bits per heavy atom. The third kappa shape index (κ3) is 2.58. The SMILES string of the molecule is CCc1nc(C=O)c(CN(C)N)s1. The lowest BCUT2D eigenvalue weighted by Gasteiger charge is -2.06. The van der Waals surface area contributed by atoms with E-state index in [9.17, 15) is 4.79 Å². The molecule has 0 spiro atoms. The van der Waals surface area contributed by atoms with Crippen molar-refractivity contribution in [1.29, 1.82) is 0 Å². The maximum absolute atomic E-state index is 10.6.